The number of hydrogen-bond acceptors (Lipinski definition) is 9. The number of carboxylic acids is 1. The zero-order valence-corrected chi connectivity index (χ0v) is 20.5. The third-order valence-corrected chi connectivity index (χ3v) is 5.04. The number of nitrogen functional groups attached to an aromatic ring is 1. The van der Waals surface area contributed by atoms with Crippen LogP contribution in [0.4, 0.5) is 11.5 Å². The van der Waals surface area contributed by atoms with Crippen LogP contribution in [-0.2, 0) is 4.74 Å². The van der Waals surface area contributed by atoms with Gasteiger partial charge in [-0.05, 0) is 62.4 Å². The van der Waals surface area contributed by atoms with Crippen LogP contribution < -0.4 is 15.8 Å². The van der Waals surface area contributed by atoms with E-state index in [9.17, 15) is 9.59 Å². The molecule has 12 heteroatoms. The van der Waals surface area contributed by atoms with E-state index in [-0.39, 0.29) is 29.1 Å². The summed E-state index contributed by atoms with van der Waals surface area (Å²) < 4.78 is 10.6. The number of carbonyl (C=O) groups is 2. The van der Waals surface area contributed by atoms with E-state index < -0.39 is 5.97 Å². The summed E-state index contributed by atoms with van der Waals surface area (Å²) >= 11 is 0. The number of ether oxygens (including phenoxy) is 2. The lowest BCUT2D eigenvalue weighted by Crippen LogP contribution is -2.40. The van der Waals surface area contributed by atoms with Crippen molar-refractivity contribution >= 4 is 29.2 Å². The Balaban J connectivity index is 0.000000248. The molecule has 0 radical (unpaired) electrons. The Morgan fingerprint density at radius 3 is 2.27 bits per heavy atom. The molecule has 1 fully saturated rings. The Kier molecular flexibility index (Phi) is 9.44. The number of morpholine rings is 1. The molecule has 0 bridgehead atoms. The van der Waals surface area contributed by atoms with Crippen LogP contribution in [0.5, 0.6) is 5.75 Å². The van der Waals surface area contributed by atoms with Crippen molar-refractivity contribution in [2.45, 2.75) is 20.0 Å². The Morgan fingerprint density at radius 1 is 1.08 bits per heavy atom. The maximum Gasteiger partial charge on any atom is 0.335 e. The van der Waals surface area contributed by atoms with Gasteiger partial charge in [-0.1, -0.05) is 0 Å². The minimum absolute atomic E-state index is 0.0158. The highest BCUT2D eigenvalue weighted by Crippen LogP contribution is 2.18. The maximum atomic E-state index is 12.4. The molecule has 194 valence electrons. The van der Waals surface area contributed by atoms with E-state index in [1.807, 2.05) is 13.8 Å². The topological polar surface area (TPSA) is 177 Å². The van der Waals surface area contributed by atoms with Crippen LogP contribution in [0.3, 0.4) is 0 Å². The summed E-state index contributed by atoms with van der Waals surface area (Å²) in [6.07, 6.45) is 1.38. The number of nitrogens with two attached hydrogens (primary N) is 1. The molecule has 37 heavy (non-hydrogen) atoms. The van der Waals surface area contributed by atoms with E-state index >= 15 is 0 Å². The van der Waals surface area contributed by atoms with Gasteiger partial charge in [0.15, 0.2) is 11.5 Å². The Labute approximate surface area is 214 Å². The first kappa shape index (κ1) is 27.0. The molecule has 0 spiro atoms. The molecular formula is C25H29N7O5. The third kappa shape index (κ3) is 7.97. The van der Waals surface area contributed by atoms with Crippen molar-refractivity contribution in [1.29, 1.82) is 5.41 Å². The monoisotopic (exact) mass is 507 g/mol. The highest BCUT2D eigenvalue weighted by atomic mass is 16.5. The predicted molar refractivity (Wildman–Crippen MR) is 136 cm³/mol. The van der Waals surface area contributed by atoms with E-state index in [2.05, 4.69) is 20.5 Å². The summed E-state index contributed by atoms with van der Waals surface area (Å²) in [6, 6.07) is 13.4. The number of aromatic nitrogens is 3. The number of amidine groups is 1. The number of nitrogens with one attached hydrogen (secondary N) is 2. The lowest BCUT2D eigenvalue weighted by Gasteiger charge is -2.26. The average Bonchev–Trinajstić information content (AvgIpc) is 2.90. The standard InChI is InChI=1S/C15H17N7O2.C10H12O3/c16-13(17)12-14(18-9-19-21-12)20-11-3-1-10(2-4-11)15(23)22-5-7-24-8-6-22;1-7(2)13-9-5-3-8(4-6-9)10(11)12/h1-4,9H,5-8H2,(H3,16,17)(H,18,19,20);3-7H,1-2H3,(H,11,12). The van der Waals surface area contributed by atoms with Crippen LogP contribution in [0.1, 0.15) is 40.3 Å². The van der Waals surface area contributed by atoms with Crippen LogP contribution in [0, 0.1) is 5.41 Å². The summed E-state index contributed by atoms with van der Waals surface area (Å²) in [7, 11) is 0. The first-order valence-corrected chi connectivity index (χ1v) is 11.5. The van der Waals surface area contributed by atoms with Gasteiger partial charge in [-0.25, -0.2) is 9.78 Å². The number of aromatic carboxylic acids is 1. The molecule has 1 amide bonds. The van der Waals surface area contributed by atoms with Crippen molar-refractivity contribution in [3.8, 4) is 5.75 Å². The van der Waals surface area contributed by atoms with E-state index in [4.69, 9.17) is 25.7 Å². The molecule has 0 saturated carbocycles. The molecule has 4 rings (SSSR count). The molecule has 1 aliphatic heterocycles. The van der Waals surface area contributed by atoms with Gasteiger partial charge in [0, 0.05) is 24.3 Å². The smallest absolute Gasteiger partial charge is 0.335 e. The van der Waals surface area contributed by atoms with Crippen molar-refractivity contribution in [3.63, 3.8) is 0 Å². The van der Waals surface area contributed by atoms with Gasteiger partial charge in [0.1, 0.15) is 17.9 Å². The van der Waals surface area contributed by atoms with Crippen LogP contribution in [-0.4, -0.2) is 75.3 Å². The second kappa shape index (κ2) is 12.9. The molecule has 0 aliphatic carbocycles. The fourth-order valence-corrected chi connectivity index (χ4v) is 3.28. The minimum atomic E-state index is -0.920. The highest BCUT2D eigenvalue weighted by Gasteiger charge is 2.18. The summed E-state index contributed by atoms with van der Waals surface area (Å²) in [4.78, 5) is 28.7. The third-order valence-electron chi connectivity index (χ3n) is 5.04. The number of carboxylic acid groups (broad SMARTS) is 1. The normalized spacial score (nSPS) is 12.8. The van der Waals surface area contributed by atoms with E-state index in [1.165, 1.54) is 18.5 Å². The first-order chi connectivity index (χ1) is 17.7. The SMILES string of the molecule is CC(C)Oc1ccc(C(=O)O)cc1.N=C(N)c1nncnc1Nc1ccc(C(=O)N2CCOCC2)cc1. The van der Waals surface area contributed by atoms with Gasteiger partial charge in [-0.2, -0.15) is 0 Å². The Bertz CT molecular complexity index is 1210. The van der Waals surface area contributed by atoms with Crippen LogP contribution in [0.25, 0.3) is 0 Å². The van der Waals surface area contributed by atoms with E-state index in [0.717, 1.165) is 0 Å². The van der Waals surface area contributed by atoms with Crippen molar-refractivity contribution in [1.82, 2.24) is 20.1 Å². The predicted octanol–water partition coefficient (Wildman–Crippen LogP) is 2.54. The second-order valence-corrected chi connectivity index (χ2v) is 8.17. The molecule has 1 saturated heterocycles. The lowest BCUT2D eigenvalue weighted by molar-refractivity contribution is 0.0303. The number of anilines is 2. The largest absolute Gasteiger partial charge is 0.491 e. The lowest BCUT2D eigenvalue weighted by atomic mass is 10.1. The average molecular weight is 508 g/mol. The molecule has 2 aromatic carbocycles. The fourth-order valence-electron chi connectivity index (χ4n) is 3.28. The van der Waals surface area contributed by atoms with Crippen molar-refractivity contribution < 1.29 is 24.2 Å². The molecule has 1 aromatic heterocycles. The fraction of sp³-hybridized carbons (Fsp3) is 0.280. The number of rotatable bonds is 7. The zero-order chi connectivity index (χ0) is 26.8. The molecule has 0 atom stereocenters. The summed E-state index contributed by atoms with van der Waals surface area (Å²) in [5, 5.41) is 26.5. The van der Waals surface area contributed by atoms with Gasteiger partial charge >= 0.3 is 5.97 Å². The second-order valence-electron chi connectivity index (χ2n) is 8.17. The van der Waals surface area contributed by atoms with Gasteiger partial charge in [-0.15, -0.1) is 10.2 Å². The zero-order valence-electron chi connectivity index (χ0n) is 20.5. The van der Waals surface area contributed by atoms with E-state index in [1.54, 1.807) is 41.3 Å². The molecule has 1 aliphatic rings. The van der Waals surface area contributed by atoms with Gasteiger partial charge < -0.3 is 30.5 Å². The quantitative estimate of drug-likeness (QED) is 0.274. The summed E-state index contributed by atoms with van der Waals surface area (Å²) in [5.41, 5.74) is 7.21. The Morgan fingerprint density at radius 2 is 1.70 bits per heavy atom. The van der Waals surface area contributed by atoms with Crippen LogP contribution in [0.15, 0.2) is 54.9 Å². The Hall–Kier alpha value is -4.58. The van der Waals surface area contributed by atoms with Crippen molar-refractivity contribution in [2.75, 3.05) is 31.6 Å². The van der Waals surface area contributed by atoms with Crippen LogP contribution in [0.2, 0.25) is 0 Å². The minimum Gasteiger partial charge on any atom is -0.491 e. The van der Waals surface area contributed by atoms with E-state index in [0.29, 0.717) is 49.1 Å². The number of benzene rings is 2. The molecule has 0 unspecified atom stereocenters. The maximum absolute atomic E-state index is 12.4. The van der Waals surface area contributed by atoms with Gasteiger partial charge in [0.2, 0.25) is 0 Å². The van der Waals surface area contributed by atoms with Gasteiger partial charge in [0.25, 0.3) is 5.91 Å². The number of hydrogen-bond donors (Lipinski definition) is 4. The summed E-state index contributed by atoms with van der Waals surface area (Å²) in [5.74, 6) is -0.129. The van der Waals surface area contributed by atoms with Crippen molar-refractivity contribution in [3.05, 3.63) is 71.7 Å². The molecule has 5 N–H and O–H groups in total. The molecule has 12 nitrogen and oxygen atoms in total. The number of carbonyl (C=O) groups excluding carboxylic acids is 1. The van der Waals surface area contributed by atoms with Crippen LogP contribution >= 0.6 is 0 Å². The number of amides is 1. The molecule has 3 aromatic rings. The number of nitrogens with zero attached hydrogens (tertiary/aromatic N) is 4. The first-order valence-electron chi connectivity index (χ1n) is 11.5. The van der Waals surface area contributed by atoms with Gasteiger partial charge in [-0.3, -0.25) is 10.2 Å². The molecule has 2 heterocycles. The summed E-state index contributed by atoms with van der Waals surface area (Å²) in [6.45, 7) is 6.19. The van der Waals surface area contributed by atoms with Crippen molar-refractivity contribution in [2.24, 2.45) is 5.73 Å². The van der Waals surface area contributed by atoms with Gasteiger partial charge in [0.05, 0.1) is 24.9 Å². The molecular weight excluding hydrogens is 478 g/mol. The highest BCUT2D eigenvalue weighted by molar-refractivity contribution is 5.98.